The molecule has 0 radical (unpaired) electrons. The lowest BCUT2D eigenvalue weighted by Gasteiger charge is -2.27. The third kappa shape index (κ3) is 2.62. The van der Waals surface area contributed by atoms with Crippen LogP contribution in [0.5, 0.6) is 11.5 Å². The molecule has 1 aliphatic heterocycles. The van der Waals surface area contributed by atoms with Gasteiger partial charge in [-0.1, -0.05) is 0 Å². The van der Waals surface area contributed by atoms with Gasteiger partial charge in [0.15, 0.2) is 0 Å². The minimum Gasteiger partial charge on any atom is -0.507 e. The fourth-order valence-corrected chi connectivity index (χ4v) is 2.49. The van der Waals surface area contributed by atoms with Crippen molar-refractivity contribution in [1.29, 1.82) is 0 Å². The van der Waals surface area contributed by atoms with E-state index in [0.29, 0.717) is 0 Å². The summed E-state index contributed by atoms with van der Waals surface area (Å²) in [6, 6.07) is 2.58. The Morgan fingerprint density at radius 1 is 1.41 bits per heavy atom. The van der Waals surface area contributed by atoms with Gasteiger partial charge in [0.25, 0.3) is 0 Å². The number of ether oxygens (including phenoxy) is 2. The average molecular weight is 308 g/mol. The van der Waals surface area contributed by atoms with Gasteiger partial charge in [0.2, 0.25) is 0 Å². The van der Waals surface area contributed by atoms with Crippen molar-refractivity contribution in [2.75, 3.05) is 13.7 Å². The molecule has 0 saturated heterocycles. The minimum atomic E-state index is -1.35. The summed E-state index contributed by atoms with van der Waals surface area (Å²) in [5, 5.41) is 28.4. The number of methoxy groups -OCH3 is 1. The molecule has 0 amide bonds. The molecular formula is C15H16O7. The molecule has 3 N–H and O–H groups in total. The smallest absolute Gasteiger partial charge is 0.340 e. The second kappa shape index (κ2) is 5.69. The lowest BCUT2D eigenvalue weighted by molar-refractivity contribution is -0.144. The number of cyclic esters (lactones) is 1. The molecule has 1 aromatic rings. The molecule has 0 saturated carbocycles. The van der Waals surface area contributed by atoms with Gasteiger partial charge in [0, 0.05) is 36.3 Å². The maximum Gasteiger partial charge on any atom is 0.340 e. The van der Waals surface area contributed by atoms with Crippen molar-refractivity contribution in [2.45, 2.75) is 18.9 Å². The zero-order valence-corrected chi connectivity index (χ0v) is 12.1. The molecule has 2 rings (SSSR count). The Hall–Kier alpha value is -2.54. The highest BCUT2D eigenvalue weighted by molar-refractivity contribution is 6.04. The standard InChI is InChI=1S/C15H16O7/c1-15(3-4-16)10(7-12(18)22-15)9-5-8(21-2)6-11(17)13(9)14(19)20/h5-7,16-17H,3-4H2,1-2H3,(H,19,20). The number of aromatic hydroxyl groups is 1. The summed E-state index contributed by atoms with van der Waals surface area (Å²) in [6.07, 6.45) is 1.26. The van der Waals surface area contributed by atoms with E-state index in [-0.39, 0.29) is 35.5 Å². The summed E-state index contributed by atoms with van der Waals surface area (Å²) in [4.78, 5) is 23.1. The van der Waals surface area contributed by atoms with Crippen molar-refractivity contribution >= 4 is 17.5 Å². The number of phenols is 1. The first-order chi connectivity index (χ1) is 10.3. The molecule has 0 bridgehead atoms. The van der Waals surface area contributed by atoms with E-state index in [9.17, 15) is 19.8 Å². The van der Waals surface area contributed by atoms with E-state index in [1.54, 1.807) is 6.92 Å². The predicted molar refractivity (Wildman–Crippen MR) is 75.8 cm³/mol. The molecule has 118 valence electrons. The summed E-state index contributed by atoms with van der Waals surface area (Å²) >= 11 is 0. The molecule has 0 spiro atoms. The third-order valence-corrected chi connectivity index (χ3v) is 3.58. The quantitative estimate of drug-likeness (QED) is 0.700. The van der Waals surface area contributed by atoms with Crippen LogP contribution in [-0.2, 0) is 9.53 Å². The highest BCUT2D eigenvalue weighted by Gasteiger charge is 2.41. The molecule has 1 aliphatic rings. The topological polar surface area (TPSA) is 113 Å². The van der Waals surface area contributed by atoms with Crippen LogP contribution in [0, 0.1) is 0 Å². The van der Waals surface area contributed by atoms with Crippen LogP contribution in [0.2, 0.25) is 0 Å². The maximum atomic E-state index is 11.6. The van der Waals surface area contributed by atoms with Gasteiger partial charge in [0.05, 0.1) is 7.11 Å². The molecule has 0 fully saturated rings. The Kier molecular flexibility index (Phi) is 4.09. The van der Waals surface area contributed by atoms with Crippen molar-refractivity contribution < 1.29 is 34.4 Å². The van der Waals surface area contributed by atoms with Gasteiger partial charge in [0.1, 0.15) is 22.7 Å². The predicted octanol–water partition coefficient (Wildman–Crippen LogP) is 1.18. The highest BCUT2D eigenvalue weighted by atomic mass is 16.6. The zero-order chi connectivity index (χ0) is 16.5. The zero-order valence-electron chi connectivity index (χ0n) is 12.1. The molecule has 0 aliphatic carbocycles. The van der Waals surface area contributed by atoms with Crippen molar-refractivity contribution in [2.24, 2.45) is 0 Å². The molecule has 1 atom stereocenters. The number of aliphatic hydroxyl groups excluding tert-OH is 1. The normalized spacial score (nSPS) is 20.5. The second-order valence-electron chi connectivity index (χ2n) is 5.06. The molecule has 22 heavy (non-hydrogen) atoms. The van der Waals surface area contributed by atoms with Crippen molar-refractivity contribution in [1.82, 2.24) is 0 Å². The van der Waals surface area contributed by atoms with E-state index in [2.05, 4.69) is 0 Å². The van der Waals surface area contributed by atoms with Crippen LogP contribution in [0.25, 0.3) is 5.57 Å². The number of hydrogen-bond donors (Lipinski definition) is 3. The van der Waals surface area contributed by atoms with Crippen LogP contribution in [0.4, 0.5) is 0 Å². The van der Waals surface area contributed by atoms with Gasteiger partial charge < -0.3 is 24.8 Å². The number of carboxylic acids is 1. The van der Waals surface area contributed by atoms with Crippen LogP contribution < -0.4 is 4.74 Å². The average Bonchev–Trinajstić information content (AvgIpc) is 2.72. The van der Waals surface area contributed by atoms with Crippen molar-refractivity contribution in [3.05, 3.63) is 29.3 Å². The first-order valence-electron chi connectivity index (χ1n) is 6.53. The number of carbonyl (C=O) groups is 2. The molecule has 7 nitrogen and oxygen atoms in total. The first kappa shape index (κ1) is 15.8. The van der Waals surface area contributed by atoms with E-state index < -0.39 is 23.3 Å². The largest absolute Gasteiger partial charge is 0.507 e. The second-order valence-corrected chi connectivity index (χ2v) is 5.06. The number of carboxylic acid groups (broad SMARTS) is 1. The summed E-state index contributed by atoms with van der Waals surface area (Å²) in [6.45, 7) is 1.32. The summed E-state index contributed by atoms with van der Waals surface area (Å²) in [5.41, 5.74) is -1.13. The Morgan fingerprint density at radius 2 is 2.09 bits per heavy atom. The van der Waals surface area contributed by atoms with Gasteiger partial charge in [-0.05, 0) is 13.0 Å². The number of benzene rings is 1. The first-order valence-corrected chi connectivity index (χ1v) is 6.53. The van der Waals surface area contributed by atoms with Crippen LogP contribution in [0.3, 0.4) is 0 Å². The summed E-state index contributed by atoms with van der Waals surface area (Å²) in [5.74, 6) is -2.22. The number of esters is 1. The molecule has 0 aromatic heterocycles. The lowest BCUT2D eigenvalue weighted by atomic mass is 9.85. The van der Waals surface area contributed by atoms with Gasteiger partial charge in [-0.3, -0.25) is 0 Å². The van der Waals surface area contributed by atoms with E-state index in [1.165, 1.54) is 19.2 Å². The molecular weight excluding hydrogens is 292 g/mol. The molecule has 7 heteroatoms. The van der Waals surface area contributed by atoms with E-state index in [4.69, 9.17) is 14.6 Å². The number of carbonyl (C=O) groups excluding carboxylic acids is 1. The Morgan fingerprint density at radius 3 is 2.64 bits per heavy atom. The summed E-state index contributed by atoms with van der Waals surface area (Å²) < 4.78 is 10.2. The number of aromatic carboxylic acids is 1. The highest BCUT2D eigenvalue weighted by Crippen LogP contribution is 2.42. The van der Waals surface area contributed by atoms with Crippen LogP contribution in [-0.4, -0.2) is 46.6 Å². The number of rotatable bonds is 5. The molecule has 1 unspecified atom stereocenters. The minimum absolute atomic E-state index is 0.0988. The van der Waals surface area contributed by atoms with Gasteiger partial charge >= 0.3 is 11.9 Å². The lowest BCUT2D eigenvalue weighted by Crippen LogP contribution is -2.29. The number of aliphatic hydroxyl groups is 1. The maximum absolute atomic E-state index is 11.6. The van der Waals surface area contributed by atoms with E-state index in [0.717, 1.165) is 6.08 Å². The molecule has 1 heterocycles. The third-order valence-electron chi connectivity index (χ3n) is 3.58. The Labute approximate surface area is 126 Å². The summed E-state index contributed by atoms with van der Waals surface area (Å²) in [7, 11) is 1.37. The number of hydrogen-bond acceptors (Lipinski definition) is 6. The fraction of sp³-hybridized carbons (Fsp3) is 0.333. The van der Waals surface area contributed by atoms with Crippen LogP contribution in [0.1, 0.15) is 29.3 Å². The van der Waals surface area contributed by atoms with Crippen LogP contribution >= 0.6 is 0 Å². The van der Waals surface area contributed by atoms with Gasteiger partial charge in [-0.25, -0.2) is 9.59 Å². The van der Waals surface area contributed by atoms with Crippen LogP contribution in [0.15, 0.2) is 18.2 Å². The van der Waals surface area contributed by atoms with Gasteiger partial charge in [-0.2, -0.15) is 0 Å². The fourth-order valence-electron chi connectivity index (χ4n) is 2.49. The van der Waals surface area contributed by atoms with E-state index >= 15 is 0 Å². The van der Waals surface area contributed by atoms with E-state index in [1.807, 2.05) is 0 Å². The monoisotopic (exact) mass is 308 g/mol. The van der Waals surface area contributed by atoms with Gasteiger partial charge in [-0.15, -0.1) is 0 Å². The van der Waals surface area contributed by atoms with Crippen molar-refractivity contribution in [3.8, 4) is 11.5 Å². The molecule has 1 aromatic carbocycles. The van der Waals surface area contributed by atoms with Crippen molar-refractivity contribution in [3.63, 3.8) is 0 Å². The Bertz CT molecular complexity index is 662. The SMILES string of the molecule is COc1cc(O)c(C(=O)O)c(C2=CC(=O)OC2(C)CCO)c1. The Balaban J connectivity index is 2.69.